The van der Waals surface area contributed by atoms with Crippen molar-refractivity contribution >= 4 is 38.9 Å². The van der Waals surface area contributed by atoms with Crippen molar-refractivity contribution in [3.63, 3.8) is 0 Å². The molecule has 3 N–H and O–H groups in total. The Kier molecular flexibility index (Phi) is 8.91. The standard InChI is InChI=1S/C34H33ClN4O5S/c35-26-15-13-25(14-16-26)34(41)17-21-39(22-18-34)20-6-7-24-23-29-30(44-32-28(24)10-5-19-36-32)11-4-12-31(29)45(42,43)38-33(40)37-27-8-2-1-3-9-27/h1-5,7-16,19,41H,6,17-18,20-23H2,(H2,37,38,40). The van der Waals surface area contributed by atoms with Crippen LogP contribution in [0.2, 0.25) is 5.02 Å². The van der Waals surface area contributed by atoms with Gasteiger partial charge >= 0.3 is 6.03 Å². The third-order valence-corrected chi connectivity index (χ3v) is 9.90. The van der Waals surface area contributed by atoms with Crippen LogP contribution in [-0.4, -0.2) is 49.1 Å². The van der Waals surface area contributed by atoms with Gasteiger partial charge in [-0.15, -0.1) is 0 Å². The quantitative estimate of drug-likeness (QED) is 0.214. The Morgan fingerprint density at radius 1 is 1.00 bits per heavy atom. The van der Waals surface area contributed by atoms with Crippen molar-refractivity contribution in [1.29, 1.82) is 0 Å². The van der Waals surface area contributed by atoms with Crippen molar-refractivity contribution in [2.45, 2.75) is 36.2 Å². The number of allylic oxidation sites excluding steroid dienone is 1. The normalized spacial score (nSPS) is 17.0. The number of urea groups is 1. The van der Waals surface area contributed by atoms with E-state index in [-0.39, 0.29) is 11.3 Å². The molecule has 2 aliphatic heterocycles. The largest absolute Gasteiger partial charge is 0.438 e. The van der Waals surface area contributed by atoms with Gasteiger partial charge < -0.3 is 20.1 Å². The average Bonchev–Trinajstić information content (AvgIpc) is 3.19. The highest BCUT2D eigenvalue weighted by molar-refractivity contribution is 7.90. The molecule has 11 heteroatoms. The van der Waals surface area contributed by atoms with Crippen LogP contribution >= 0.6 is 11.6 Å². The number of sulfonamides is 1. The number of hydrogen-bond donors (Lipinski definition) is 3. The third-order valence-electron chi connectivity index (χ3n) is 8.23. The first-order valence-electron chi connectivity index (χ1n) is 14.7. The number of pyridine rings is 1. The summed E-state index contributed by atoms with van der Waals surface area (Å²) in [5, 5.41) is 14.4. The van der Waals surface area contributed by atoms with E-state index in [1.165, 1.54) is 6.07 Å². The number of aromatic nitrogens is 1. The first-order chi connectivity index (χ1) is 21.7. The molecular weight excluding hydrogens is 612 g/mol. The van der Waals surface area contributed by atoms with Gasteiger partial charge in [0.1, 0.15) is 5.75 Å². The predicted octanol–water partition coefficient (Wildman–Crippen LogP) is 6.35. The number of aliphatic hydroxyl groups is 1. The summed E-state index contributed by atoms with van der Waals surface area (Å²) in [6.07, 6.45) is 5.92. The van der Waals surface area contributed by atoms with Crippen LogP contribution in [0.1, 0.15) is 36.0 Å². The fourth-order valence-electron chi connectivity index (χ4n) is 5.83. The second kappa shape index (κ2) is 13.0. The minimum absolute atomic E-state index is 0.0422. The number of carbonyl (C=O) groups excluding carboxylic acids is 1. The highest BCUT2D eigenvalue weighted by Crippen LogP contribution is 2.40. The van der Waals surface area contributed by atoms with E-state index in [1.807, 2.05) is 24.3 Å². The van der Waals surface area contributed by atoms with Crippen molar-refractivity contribution in [1.82, 2.24) is 14.6 Å². The van der Waals surface area contributed by atoms with Crippen LogP contribution in [0.4, 0.5) is 10.5 Å². The van der Waals surface area contributed by atoms with Crippen LogP contribution in [-0.2, 0) is 22.0 Å². The van der Waals surface area contributed by atoms with Crippen molar-refractivity contribution in [3.05, 3.63) is 119 Å². The molecule has 9 nitrogen and oxygen atoms in total. The van der Waals surface area contributed by atoms with Gasteiger partial charge in [-0.1, -0.05) is 54.1 Å². The van der Waals surface area contributed by atoms with Crippen molar-refractivity contribution in [2.24, 2.45) is 0 Å². The smallest absolute Gasteiger partial charge is 0.333 e. The predicted molar refractivity (Wildman–Crippen MR) is 174 cm³/mol. The van der Waals surface area contributed by atoms with E-state index >= 15 is 0 Å². The molecule has 3 heterocycles. The zero-order valence-electron chi connectivity index (χ0n) is 24.4. The fourth-order valence-corrected chi connectivity index (χ4v) is 7.11. The van der Waals surface area contributed by atoms with Crippen LogP contribution in [0.3, 0.4) is 0 Å². The Hall–Kier alpha value is -4.22. The number of benzene rings is 3. The van der Waals surface area contributed by atoms with E-state index in [1.54, 1.807) is 60.8 Å². The molecule has 1 saturated heterocycles. The van der Waals surface area contributed by atoms with Gasteiger partial charge in [0.25, 0.3) is 10.0 Å². The Morgan fingerprint density at radius 3 is 2.51 bits per heavy atom. The fraction of sp³-hybridized carbons (Fsp3) is 0.235. The lowest BCUT2D eigenvalue weighted by atomic mass is 9.84. The number of nitrogens with one attached hydrogen (secondary N) is 2. The Balaban J connectivity index is 1.19. The summed E-state index contributed by atoms with van der Waals surface area (Å²) in [5.74, 6) is 0.750. The zero-order chi connectivity index (χ0) is 31.4. The minimum atomic E-state index is -4.25. The second-order valence-corrected chi connectivity index (χ2v) is 13.3. The van der Waals surface area contributed by atoms with Crippen LogP contribution < -0.4 is 14.8 Å². The second-order valence-electron chi connectivity index (χ2n) is 11.2. The lowest BCUT2D eigenvalue weighted by Crippen LogP contribution is -2.42. The van der Waals surface area contributed by atoms with Crippen molar-refractivity contribution in [3.8, 4) is 11.6 Å². The number of fused-ring (bicyclic) bond motifs is 2. The molecule has 4 aromatic rings. The van der Waals surface area contributed by atoms with Crippen molar-refractivity contribution < 1.29 is 23.1 Å². The highest BCUT2D eigenvalue weighted by Gasteiger charge is 2.34. The monoisotopic (exact) mass is 644 g/mol. The number of piperidine rings is 1. The lowest BCUT2D eigenvalue weighted by Gasteiger charge is -2.38. The maximum absolute atomic E-state index is 13.5. The van der Waals surface area contributed by atoms with E-state index < -0.39 is 21.7 Å². The van der Waals surface area contributed by atoms with E-state index in [0.717, 1.165) is 36.3 Å². The molecule has 0 spiro atoms. The molecule has 1 aromatic heterocycles. The molecule has 232 valence electrons. The van der Waals surface area contributed by atoms with Crippen LogP contribution in [0.15, 0.2) is 102 Å². The topological polar surface area (TPSA) is 121 Å². The lowest BCUT2D eigenvalue weighted by molar-refractivity contribution is -0.0254. The van der Waals surface area contributed by atoms with Gasteiger partial charge in [-0.25, -0.2) is 22.9 Å². The number of rotatable bonds is 7. The summed E-state index contributed by atoms with van der Waals surface area (Å²) in [7, 11) is -4.25. The van der Waals surface area contributed by atoms with Gasteiger partial charge in [-0.2, -0.15) is 0 Å². The summed E-state index contributed by atoms with van der Waals surface area (Å²) in [6.45, 7) is 2.25. The maximum atomic E-state index is 13.5. The molecule has 6 rings (SSSR count). The molecule has 2 amide bonds. The number of anilines is 1. The molecule has 0 bridgehead atoms. The number of ether oxygens (including phenoxy) is 1. The van der Waals surface area contributed by atoms with E-state index in [0.29, 0.717) is 47.2 Å². The highest BCUT2D eigenvalue weighted by atomic mass is 35.5. The number of amides is 2. The van der Waals surface area contributed by atoms with Crippen LogP contribution in [0.25, 0.3) is 5.57 Å². The number of hydrogen-bond acceptors (Lipinski definition) is 7. The molecule has 45 heavy (non-hydrogen) atoms. The van der Waals surface area contributed by atoms with Gasteiger partial charge in [-0.3, -0.25) is 0 Å². The molecule has 2 aliphatic rings. The first kappa shape index (κ1) is 30.8. The van der Waals surface area contributed by atoms with E-state index in [4.69, 9.17) is 16.3 Å². The van der Waals surface area contributed by atoms with Gasteiger partial charge in [0.15, 0.2) is 0 Å². The first-order valence-corrected chi connectivity index (χ1v) is 16.6. The molecule has 3 aromatic carbocycles. The van der Waals surface area contributed by atoms with E-state index in [2.05, 4.69) is 26.0 Å². The number of halogens is 1. The molecule has 0 saturated carbocycles. The van der Waals surface area contributed by atoms with Gasteiger partial charge in [0, 0.05) is 54.1 Å². The van der Waals surface area contributed by atoms with Gasteiger partial charge in [-0.05, 0) is 78.9 Å². The minimum Gasteiger partial charge on any atom is -0.438 e. The summed E-state index contributed by atoms with van der Waals surface area (Å²) in [4.78, 5) is 19.3. The Morgan fingerprint density at radius 2 is 1.76 bits per heavy atom. The molecule has 0 atom stereocenters. The Bertz CT molecular complexity index is 1820. The summed E-state index contributed by atoms with van der Waals surface area (Å²) >= 11 is 6.03. The summed E-state index contributed by atoms with van der Waals surface area (Å²) in [5.41, 5.74) is 2.57. The number of likely N-dealkylation sites (tertiary alicyclic amines) is 1. The summed E-state index contributed by atoms with van der Waals surface area (Å²) in [6, 6.07) is 23.6. The molecule has 1 fully saturated rings. The van der Waals surface area contributed by atoms with Gasteiger partial charge in [0.05, 0.1) is 10.5 Å². The number of para-hydroxylation sites is 1. The number of nitrogens with zero attached hydrogens (tertiary/aromatic N) is 2. The SMILES string of the molecule is O=C(Nc1ccccc1)NS(=O)(=O)c1cccc2c1CC(=CCCN1CCC(O)(c3ccc(Cl)cc3)CC1)c1cccnc1O2. The van der Waals surface area contributed by atoms with Crippen LogP contribution in [0, 0.1) is 0 Å². The summed E-state index contributed by atoms with van der Waals surface area (Å²) < 4.78 is 35.3. The zero-order valence-corrected chi connectivity index (χ0v) is 26.0. The number of carbonyl (C=O) groups is 1. The maximum Gasteiger partial charge on any atom is 0.333 e. The molecule has 0 radical (unpaired) electrons. The van der Waals surface area contributed by atoms with Gasteiger partial charge in [0.2, 0.25) is 5.88 Å². The molecule has 0 aliphatic carbocycles. The van der Waals surface area contributed by atoms with Crippen molar-refractivity contribution in [2.75, 3.05) is 25.0 Å². The third kappa shape index (κ3) is 7.04. The molecule has 0 unspecified atom stereocenters. The molecular formula is C34H33ClN4O5S. The van der Waals surface area contributed by atoms with Crippen LogP contribution in [0.5, 0.6) is 11.6 Å². The Labute approximate surface area is 267 Å². The van der Waals surface area contributed by atoms with E-state index in [9.17, 15) is 18.3 Å². The average molecular weight is 645 g/mol.